The largest absolute Gasteiger partial charge is 0.381 e. The summed E-state index contributed by atoms with van der Waals surface area (Å²) in [7, 11) is -1.91. The molecule has 0 radical (unpaired) electrons. The maximum atomic E-state index is 13.1. The number of hydrogen-bond acceptors (Lipinski definition) is 4. The lowest BCUT2D eigenvalue weighted by Crippen LogP contribution is -2.31. The van der Waals surface area contributed by atoms with Gasteiger partial charge < -0.3 is 4.74 Å². The van der Waals surface area contributed by atoms with Gasteiger partial charge in [-0.2, -0.15) is 0 Å². The lowest BCUT2D eigenvalue weighted by molar-refractivity contribution is 0.136. The van der Waals surface area contributed by atoms with Gasteiger partial charge in [-0.25, -0.2) is 17.5 Å². The Morgan fingerprint density at radius 1 is 1.40 bits per heavy atom. The molecule has 4 nitrogen and oxygen atoms in total. The van der Waals surface area contributed by atoms with E-state index in [1.165, 1.54) is 30.6 Å². The third-order valence-electron chi connectivity index (χ3n) is 2.85. The first-order chi connectivity index (χ1) is 9.39. The van der Waals surface area contributed by atoms with E-state index in [0.717, 1.165) is 15.0 Å². The van der Waals surface area contributed by atoms with E-state index in [9.17, 15) is 12.8 Å². The van der Waals surface area contributed by atoms with E-state index in [1.807, 2.05) is 0 Å². The lowest BCUT2D eigenvalue weighted by Gasteiger charge is -2.10. The molecule has 0 aliphatic heterocycles. The Morgan fingerprint density at radius 3 is 2.85 bits per heavy atom. The second-order valence-corrected chi connectivity index (χ2v) is 7.56. The molecule has 0 amide bonds. The van der Waals surface area contributed by atoms with Crippen molar-refractivity contribution in [2.24, 2.45) is 0 Å². The van der Waals surface area contributed by atoms with Gasteiger partial charge >= 0.3 is 0 Å². The third-order valence-corrected chi connectivity index (χ3v) is 5.46. The second kappa shape index (κ2) is 6.17. The highest BCUT2D eigenvalue weighted by atomic mass is 32.2. The summed E-state index contributed by atoms with van der Waals surface area (Å²) in [6.45, 7) is 1.90. The van der Waals surface area contributed by atoms with Gasteiger partial charge in [0.25, 0.3) is 0 Å². The highest BCUT2D eigenvalue weighted by molar-refractivity contribution is 7.89. The molecule has 2 aromatic rings. The van der Waals surface area contributed by atoms with Gasteiger partial charge in [0.15, 0.2) is 0 Å². The predicted molar refractivity (Wildman–Crippen MR) is 78.9 cm³/mol. The highest BCUT2D eigenvalue weighted by Crippen LogP contribution is 2.26. The minimum Gasteiger partial charge on any atom is -0.381 e. The van der Waals surface area contributed by atoms with Crippen LogP contribution in [0.3, 0.4) is 0 Å². The number of hydrogen-bond donors (Lipinski definition) is 1. The van der Waals surface area contributed by atoms with E-state index in [0.29, 0.717) is 0 Å². The van der Waals surface area contributed by atoms with Crippen molar-refractivity contribution in [1.29, 1.82) is 0 Å². The molecule has 0 aliphatic rings. The molecule has 0 spiro atoms. The molecule has 1 aromatic heterocycles. The maximum absolute atomic E-state index is 13.1. The van der Waals surface area contributed by atoms with Gasteiger partial charge in [0, 0.05) is 23.2 Å². The molecule has 0 saturated carbocycles. The van der Waals surface area contributed by atoms with Crippen molar-refractivity contribution >= 4 is 31.4 Å². The molecule has 110 valence electrons. The fraction of sp³-hybridized carbons (Fsp3) is 0.385. The smallest absolute Gasteiger partial charge is 0.214 e. The number of thiophene rings is 1. The van der Waals surface area contributed by atoms with Crippen LogP contribution in [0.15, 0.2) is 24.3 Å². The third kappa shape index (κ3) is 3.99. The van der Waals surface area contributed by atoms with Crippen molar-refractivity contribution in [1.82, 2.24) is 4.72 Å². The summed E-state index contributed by atoms with van der Waals surface area (Å²) in [5.41, 5.74) is 0. The van der Waals surface area contributed by atoms with Gasteiger partial charge in [0.1, 0.15) is 5.82 Å². The average molecular weight is 317 g/mol. The number of nitrogens with one attached hydrogen (secondary N) is 1. The van der Waals surface area contributed by atoms with Gasteiger partial charge in [0.05, 0.1) is 11.9 Å². The van der Waals surface area contributed by atoms with E-state index in [-0.39, 0.29) is 24.2 Å². The maximum Gasteiger partial charge on any atom is 0.214 e. The summed E-state index contributed by atoms with van der Waals surface area (Å²) in [6.07, 6.45) is -0.357. The van der Waals surface area contributed by atoms with Gasteiger partial charge in [-0.05, 0) is 36.6 Å². The highest BCUT2D eigenvalue weighted by Gasteiger charge is 2.15. The molecule has 0 aliphatic carbocycles. The Morgan fingerprint density at radius 2 is 2.15 bits per heavy atom. The Labute approximate surface area is 121 Å². The van der Waals surface area contributed by atoms with Crippen molar-refractivity contribution in [2.45, 2.75) is 19.6 Å². The lowest BCUT2D eigenvalue weighted by atomic mass is 10.2. The van der Waals surface area contributed by atoms with E-state index in [4.69, 9.17) is 4.74 Å². The van der Waals surface area contributed by atoms with Crippen LogP contribution in [-0.2, 0) is 21.3 Å². The standard InChI is InChI=1S/C13H16FNO3S2/c1-9(18-2)8-20(16,17)15-7-12-6-10-5-11(14)3-4-13(10)19-12/h3-6,9,15H,7-8H2,1-2H3. The Hall–Kier alpha value is -1.02. The van der Waals surface area contributed by atoms with Crippen molar-refractivity contribution in [3.8, 4) is 0 Å². The van der Waals surface area contributed by atoms with Crippen LogP contribution in [0.2, 0.25) is 0 Å². The molecule has 1 heterocycles. The summed E-state index contributed by atoms with van der Waals surface area (Å²) >= 11 is 1.45. The number of halogens is 1. The number of sulfonamides is 1. The number of ether oxygens (including phenoxy) is 1. The van der Waals surface area contributed by atoms with Crippen LogP contribution in [0.1, 0.15) is 11.8 Å². The molecule has 0 bridgehead atoms. The Bertz CT molecular complexity index is 697. The fourth-order valence-electron chi connectivity index (χ4n) is 1.77. The topological polar surface area (TPSA) is 55.4 Å². The number of methoxy groups -OCH3 is 1. The SMILES string of the molecule is COC(C)CS(=O)(=O)NCc1cc2cc(F)ccc2s1. The van der Waals surface area contributed by atoms with Crippen LogP contribution in [0.25, 0.3) is 10.1 Å². The number of fused-ring (bicyclic) bond motifs is 1. The number of benzene rings is 1. The monoisotopic (exact) mass is 317 g/mol. The van der Waals surface area contributed by atoms with Crippen LogP contribution in [-0.4, -0.2) is 27.4 Å². The van der Waals surface area contributed by atoms with Crippen molar-refractivity contribution < 1.29 is 17.5 Å². The van der Waals surface area contributed by atoms with Crippen LogP contribution in [0, 0.1) is 5.82 Å². The normalized spacial score (nSPS) is 13.8. The van der Waals surface area contributed by atoms with Gasteiger partial charge in [-0.1, -0.05) is 0 Å². The molecule has 1 atom stereocenters. The molecule has 1 unspecified atom stereocenters. The quantitative estimate of drug-likeness (QED) is 0.890. The number of rotatable bonds is 6. The molecule has 20 heavy (non-hydrogen) atoms. The van der Waals surface area contributed by atoms with Crippen LogP contribution >= 0.6 is 11.3 Å². The molecule has 1 aromatic carbocycles. The summed E-state index contributed by atoms with van der Waals surface area (Å²) in [6, 6.07) is 6.33. The summed E-state index contributed by atoms with van der Waals surface area (Å²) < 4.78 is 45.1. The first-order valence-electron chi connectivity index (χ1n) is 6.08. The Kier molecular flexibility index (Phi) is 4.74. The molecular weight excluding hydrogens is 301 g/mol. The average Bonchev–Trinajstić information content (AvgIpc) is 2.78. The molecule has 0 fully saturated rings. The second-order valence-electron chi connectivity index (χ2n) is 4.54. The zero-order valence-electron chi connectivity index (χ0n) is 11.2. The Balaban J connectivity index is 2.05. The summed E-state index contributed by atoms with van der Waals surface area (Å²) in [4.78, 5) is 0.847. The van der Waals surface area contributed by atoms with E-state index >= 15 is 0 Å². The van der Waals surface area contributed by atoms with Crippen LogP contribution in [0.4, 0.5) is 4.39 Å². The van der Waals surface area contributed by atoms with Crippen molar-refractivity contribution in [3.63, 3.8) is 0 Å². The molecule has 2 rings (SSSR count). The minimum atomic E-state index is -3.38. The van der Waals surface area contributed by atoms with E-state index in [1.54, 1.807) is 19.1 Å². The van der Waals surface area contributed by atoms with Crippen LogP contribution < -0.4 is 4.72 Å². The zero-order chi connectivity index (χ0) is 14.8. The van der Waals surface area contributed by atoms with Crippen molar-refractivity contribution in [3.05, 3.63) is 35.0 Å². The van der Waals surface area contributed by atoms with Gasteiger partial charge in [-0.15, -0.1) is 11.3 Å². The van der Waals surface area contributed by atoms with Gasteiger partial charge in [-0.3, -0.25) is 0 Å². The van der Waals surface area contributed by atoms with E-state index in [2.05, 4.69) is 4.72 Å². The minimum absolute atomic E-state index is 0.0803. The molecule has 1 N–H and O–H groups in total. The predicted octanol–water partition coefficient (Wildman–Crippen LogP) is 2.49. The molecular formula is C13H16FNO3S2. The van der Waals surface area contributed by atoms with Crippen molar-refractivity contribution in [2.75, 3.05) is 12.9 Å². The summed E-state index contributed by atoms with van der Waals surface area (Å²) in [5, 5.41) is 0.787. The summed E-state index contributed by atoms with van der Waals surface area (Å²) in [5.74, 6) is -0.375. The molecule has 0 saturated heterocycles. The molecule has 7 heteroatoms. The first-order valence-corrected chi connectivity index (χ1v) is 8.54. The zero-order valence-corrected chi connectivity index (χ0v) is 12.9. The fourth-order valence-corrected chi connectivity index (χ4v) is 4.10. The van der Waals surface area contributed by atoms with Gasteiger partial charge in [0.2, 0.25) is 10.0 Å². The van der Waals surface area contributed by atoms with E-state index < -0.39 is 10.0 Å². The van der Waals surface area contributed by atoms with Crippen LogP contribution in [0.5, 0.6) is 0 Å². The first kappa shape index (κ1) is 15.4.